The molecular weight excluding hydrogens is 310 g/mol. The highest BCUT2D eigenvalue weighted by molar-refractivity contribution is 5.39. The number of aromatic nitrogens is 3. The van der Waals surface area contributed by atoms with Crippen molar-refractivity contribution in [3.8, 4) is 11.5 Å². The van der Waals surface area contributed by atoms with Crippen molar-refractivity contribution in [2.24, 2.45) is 0 Å². The van der Waals surface area contributed by atoms with Crippen molar-refractivity contribution in [2.75, 3.05) is 56.8 Å². The zero-order valence-electron chi connectivity index (χ0n) is 13.6. The highest BCUT2D eigenvalue weighted by atomic mass is 16.5. The van der Waals surface area contributed by atoms with Gasteiger partial charge in [-0.05, 0) is 24.3 Å². The summed E-state index contributed by atoms with van der Waals surface area (Å²) in [6.45, 7) is 4.08. The predicted octanol–water partition coefficient (Wildman–Crippen LogP) is 1.21. The van der Waals surface area contributed by atoms with Crippen LogP contribution < -0.4 is 19.7 Å². The first kappa shape index (κ1) is 16.3. The van der Waals surface area contributed by atoms with Crippen molar-refractivity contribution in [1.29, 1.82) is 0 Å². The van der Waals surface area contributed by atoms with E-state index in [-0.39, 0.29) is 0 Å². The lowest BCUT2D eigenvalue weighted by Crippen LogP contribution is -2.37. The van der Waals surface area contributed by atoms with Crippen molar-refractivity contribution < 1.29 is 14.2 Å². The van der Waals surface area contributed by atoms with Gasteiger partial charge in [0, 0.05) is 13.1 Å². The van der Waals surface area contributed by atoms with E-state index in [9.17, 15) is 0 Å². The van der Waals surface area contributed by atoms with Crippen LogP contribution in [-0.4, -0.2) is 61.7 Å². The minimum absolute atomic E-state index is 0.517. The molecule has 1 aliphatic heterocycles. The highest BCUT2D eigenvalue weighted by Crippen LogP contribution is 2.17. The number of benzene rings is 1. The van der Waals surface area contributed by atoms with Gasteiger partial charge >= 0.3 is 0 Å². The predicted molar refractivity (Wildman–Crippen MR) is 89.8 cm³/mol. The lowest BCUT2D eigenvalue weighted by molar-refractivity contribution is 0.122. The molecule has 8 nitrogen and oxygen atoms in total. The van der Waals surface area contributed by atoms with Gasteiger partial charge in [0.25, 0.3) is 0 Å². The Kier molecular flexibility index (Phi) is 5.62. The Bertz CT molecular complexity index is 632. The molecule has 24 heavy (non-hydrogen) atoms. The Morgan fingerprint density at radius 2 is 1.92 bits per heavy atom. The lowest BCUT2D eigenvalue weighted by Gasteiger charge is -2.26. The van der Waals surface area contributed by atoms with Gasteiger partial charge in [-0.1, -0.05) is 0 Å². The van der Waals surface area contributed by atoms with Crippen LogP contribution in [0.3, 0.4) is 0 Å². The summed E-state index contributed by atoms with van der Waals surface area (Å²) in [6.07, 6.45) is 1.61. The average molecular weight is 331 g/mol. The molecule has 1 aromatic heterocycles. The summed E-state index contributed by atoms with van der Waals surface area (Å²) >= 11 is 0. The van der Waals surface area contributed by atoms with Crippen LogP contribution in [0.25, 0.3) is 0 Å². The molecule has 0 atom stereocenters. The van der Waals surface area contributed by atoms with Crippen molar-refractivity contribution >= 4 is 11.8 Å². The van der Waals surface area contributed by atoms with Crippen LogP contribution in [0, 0.1) is 0 Å². The van der Waals surface area contributed by atoms with Crippen LogP contribution in [0.1, 0.15) is 0 Å². The Morgan fingerprint density at radius 3 is 2.67 bits per heavy atom. The van der Waals surface area contributed by atoms with E-state index in [1.165, 1.54) is 0 Å². The monoisotopic (exact) mass is 331 g/mol. The number of hydrogen-bond acceptors (Lipinski definition) is 8. The summed E-state index contributed by atoms with van der Waals surface area (Å²) in [4.78, 5) is 6.54. The van der Waals surface area contributed by atoms with E-state index in [0.717, 1.165) is 24.6 Å². The quantitative estimate of drug-likeness (QED) is 0.758. The Hall–Kier alpha value is -2.61. The first-order valence-electron chi connectivity index (χ1n) is 7.88. The zero-order valence-corrected chi connectivity index (χ0v) is 13.6. The third-order valence-corrected chi connectivity index (χ3v) is 3.58. The molecule has 0 saturated carbocycles. The SMILES string of the molecule is COc1ccc(OCCNc2cnnc(N3CCOCC3)n2)cc1. The smallest absolute Gasteiger partial charge is 0.247 e. The molecule has 2 heterocycles. The summed E-state index contributed by atoms with van der Waals surface area (Å²) in [6, 6.07) is 7.49. The van der Waals surface area contributed by atoms with Gasteiger partial charge in [0.1, 0.15) is 18.1 Å². The second-order valence-corrected chi connectivity index (χ2v) is 5.19. The maximum Gasteiger partial charge on any atom is 0.247 e. The van der Waals surface area contributed by atoms with Crippen LogP contribution >= 0.6 is 0 Å². The van der Waals surface area contributed by atoms with E-state index in [2.05, 4.69) is 25.4 Å². The van der Waals surface area contributed by atoms with Crippen LogP contribution in [0.4, 0.5) is 11.8 Å². The van der Waals surface area contributed by atoms with Crippen molar-refractivity contribution in [3.63, 3.8) is 0 Å². The van der Waals surface area contributed by atoms with Gasteiger partial charge in [-0.2, -0.15) is 10.1 Å². The summed E-state index contributed by atoms with van der Waals surface area (Å²) in [5.74, 6) is 2.92. The molecule has 2 aromatic rings. The number of rotatable bonds is 7. The molecule has 0 spiro atoms. The summed E-state index contributed by atoms with van der Waals surface area (Å²) in [7, 11) is 1.64. The number of ether oxygens (including phenoxy) is 3. The van der Waals surface area contributed by atoms with Gasteiger partial charge in [-0.15, -0.1) is 5.10 Å². The molecule has 1 aromatic carbocycles. The van der Waals surface area contributed by atoms with Crippen molar-refractivity contribution in [1.82, 2.24) is 15.2 Å². The van der Waals surface area contributed by atoms with E-state index >= 15 is 0 Å². The molecule has 0 amide bonds. The van der Waals surface area contributed by atoms with Crippen LogP contribution in [0.5, 0.6) is 11.5 Å². The van der Waals surface area contributed by atoms with E-state index in [0.29, 0.717) is 38.1 Å². The maximum absolute atomic E-state index is 5.66. The fourth-order valence-corrected chi connectivity index (χ4v) is 2.30. The van der Waals surface area contributed by atoms with Crippen molar-refractivity contribution in [2.45, 2.75) is 0 Å². The summed E-state index contributed by atoms with van der Waals surface area (Å²) in [5.41, 5.74) is 0. The largest absolute Gasteiger partial charge is 0.497 e. The van der Waals surface area contributed by atoms with Crippen LogP contribution in [0.2, 0.25) is 0 Å². The molecule has 0 unspecified atom stereocenters. The molecule has 1 saturated heterocycles. The molecule has 128 valence electrons. The molecule has 1 N–H and O–H groups in total. The van der Waals surface area contributed by atoms with E-state index < -0.39 is 0 Å². The summed E-state index contributed by atoms with van der Waals surface area (Å²) < 4.78 is 16.1. The average Bonchev–Trinajstić information content (AvgIpc) is 2.67. The van der Waals surface area contributed by atoms with Crippen LogP contribution in [0.15, 0.2) is 30.5 Å². The van der Waals surface area contributed by atoms with Crippen molar-refractivity contribution in [3.05, 3.63) is 30.5 Å². The zero-order chi connectivity index (χ0) is 16.6. The Morgan fingerprint density at radius 1 is 1.17 bits per heavy atom. The molecule has 1 aliphatic rings. The number of nitrogens with one attached hydrogen (secondary N) is 1. The Labute approximate surface area is 140 Å². The molecule has 0 aliphatic carbocycles. The van der Waals surface area contributed by atoms with Gasteiger partial charge in [0.2, 0.25) is 5.95 Å². The second-order valence-electron chi connectivity index (χ2n) is 5.19. The second kappa shape index (κ2) is 8.30. The van der Waals surface area contributed by atoms with E-state index in [4.69, 9.17) is 14.2 Å². The van der Waals surface area contributed by atoms with E-state index in [1.54, 1.807) is 13.3 Å². The minimum Gasteiger partial charge on any atom is -0.497 e. The standard InChI is InChI=1S/C16H21N5O3/c1-22-13-2-4-14(5-3-13)24-9-6-17-15-12-18-20-16(19-15)21-7-10-23-11-8-21/h2-5,12H,6-11H2,1H3,(H,17,19,20). The molecule has 1 fully saturated rings. The lowest BCUT2D eigenvalue weighted by atomic mass is 10.3. The van der Waals surface area contributed by atoms with Crippen LogP contribution in [-0.2, 0) is 4.74 Å². The third kappa shape index (κ3) is 4.45. The van der Waals surface area contributed by atoms with Gasteiger partial charge < -0.3 is 24.4 Å². The fraction of sp³-hybridized carbons (Fsp3) is 0.438. The van der Waals surface area contributed by atoms with Gasteiger partial charge in [0.05, 0.1) is 33.1 Å². The minimum atomic E-state index is 0.517. The first-order valence-corrected chi connectivity index (χ1v) is 7.88. The fourth-order valence-electron chi connectivity index (χ4n) is 2.30. The number of anilines is 2. The molecule has 3 rings (SSSR count). The molecular formula is C16H21N5O3. The molecule has 0 bridgehead atoms. The first-order chi connectivity index (χ1) is 11.8. The summed E-state index contributed by atoms with van der Waals surface area (Å²) in [5, 5.41) is 11.3. The Balaban J connectivity index is 1.45. The number of hydrogen-bond donors (Lipinski definition) is 1. The van der Waals surface area contributed by atoms with E-state index in [1.807, 2.05) is 24.3 Å². The number of morpholine rings is 1. The van der Waals surface area contributed by atoms with Gasteiger partial charge in [-0.3, -0.25) is 0 Å². The van der Waals surface area contributed by atoms with Gasteiger partial charge in [-0.25, -0.2) is 0 Å². The normalized spacial score (nSPS) is 14.3. The number of nitrogens with zero attached hydrogens (tertiary/aromatic N) is 4. The number of methoxy groups -OCH3 is 1. The topological polar surface area (TPSA) is 81.6 Å². The van der Waals surface area contributed by atoms with Gasteiger partial charge in [0.15, 0.2) is 5.82 Å². The highest BCUT2D eigenvalue weighted by Gasteiger charge is 2.14. The maximum atomic E-state index is 5.66. The molecule has 8 heteroatoms. The third-order valence-electron chi connectivity index (χ3n) is 3.58. The molecule has 0 radical (unpaired) electrons.